The number of carbonyl (C=O) groups is 4. The van der Waals surface area contributed by atoms with Gasteiger partial charge in [-0.1, -0.05) is 120 Å². The largest absolute Gasteiger partial charge is 1.00 e. The number of phenols is 1. The van der Waals surface area contributed by atoms with Gasteiger partial charge in [-0.2, -0.15) is 0 Å². The van der Waals surface area contributed by atoms with Gasteiger partial charge in [0.1, 0.15) is 42.8 Å². The molecule has 4 heterocycles. The van der Waals surface area contributed by atoms with Gasteiger partial charge in [-0.25, -0.2) is 19.2 Å². The molecule has 113 heavy (non-hydrogen) atoms. The Kier molecular flexibility index (Phi) is 55.2. The number of hydrogen-bond donors (Lipinski definition) is 2. The van der Waals surface area contributed by atoms with Crippen molar-refractivity contribution in [3.63, 3.8) is 0 Å². The van der Waals surface area contributed by atoms with Gasteiger partial charge in [0.05, 0.1) is 96.4 Å². The number of aromatic hydroxyl groups is 1. The van der Waals surface area contributed by atoms with Gasteiger partial charge >= 0.3 is 42.7 Å². The summed E-state index contributed by atoms with van der Waals surface area (Å²) in [6.07, 6.45) is 9.53. The van der Waals surface area contributed by atoms with Crippen LogP contribution in [0.2, 0.25) is 0 Å². The van der Waals surface area contributed by atoms with Gasteiger partial charge in [0, 0.05) is 96.0 Å². The molecular weight excluding hydrogens is 1780 g/mol. The summed E-state index contributed by atoms with van der Waals surface area (Å²) in [5.74, 6) is 1.85. The van der Waals surface area contributed by atoms with Crippen LogP contribution in [-0.4, -0.2) is 243 Å². The van der Waals surface area contributed by atoms with E-state index in [2.05, 4.69) is 109 Å². The third-order valence-corrected chi connectivity index (χ3v) is 18.5. The van der Waals surface area contributed by atoms with Crippen molar-refractivity contribution in [2.24, 2.45) is 0 Å². The second-order valence-electron chi connectivity index (χ2n) is 24.2. The van der Waals surface area contributed by atoms with Crippen LogP contribution in [-0.2, 0) is 33.2 Å². The van der Waals surface area contributed by atoms with Crippen LogP contribution in [0, 0.1) is 7.14 Å². The van der Waals surface area contributed by atoms with E-state index < -0.39 is 5.97 Å². The fourth-order valence-electron chi connectivity index (χ4n) is 10.3. The van der Waals surface area contributed by atoms with Crippen LogP contribution >= 0.6 is 85.1 Å². The predicted octanol–water partition coefficient (Wildman–Crippen LogP) is 12.0. The standard InChI is InChI=1S/C22H25NO4.C21H23NO4.C12H16INO2.C10H10O2.C8H7BrO2.C6H12ClNO.C6H5IO.ClH.Li.2H2O/c1-25-22(24)20-4-2-3-19(17-20)6-5-18-7-9-21(10-8-18)27-16-13-23-11-14-26-15-12-23;23-21(24)19-3-1-2-18(16-19)5-4-17-6-8-20(9-7-17)26-15-12-22-10-13-25-14-11-22;13-11-1-3-12(4-2-11)16-10-7-14-5-8-15-9-6-14;1-3-8-5-4-6-9(7-8)10(11)12-2;1-11-8(10)6-3-2-4-7(9)5-6;7-1-2-8-3-5-9-6-4-8;7-5-1-3-6(8)4-2-5;;;;/h2-10,17H,11-16H2,1H3;1-9,16H,10-15H2,(H,23,24);1-4H,5-10H2;3-7H,1H2,2H3;2-5H,1H3;1-6H2;1-4,8H;1H;;2*1H2/q;;;;;;;;+1;;/p-1/b6-5+;5-4+;;;;;;;;;. The number of phenolic OH excluding ortho intramolecular Hbond substituents is 1. The molecule has 4 aliphatic heterocycles. The summed E-state index contributed by atoms with van der Waals surface area (Å²) in [5.41, 5.74) is 6.76. The number of benzene rings is 8. The zero-order valence-electron chi connectivity index (χ0n) is 64.3. The Balaban J connectivity index is 0.000000465. The number of rotatable bonds is 23. The van der Waals surface area contributed by atoms with Gasteiger partial charge in [0.25, 0.3) is 0 Å². The second kappa shape index (κ2) is 61.2. The predicted molar refractivity (Wildman–Crippen MR) is 464 cm³/mol. The number of morpholine rings is 4. The van der Waals surface area contributed by atoms with Crippen LogP contribution in [0.4, 0.5) is 0 Å². The van der Waals surface area contributed by atoms with Gasteiger partial charge in [-0.15, -0.1) is 24.0 Å². The number of methoxy groups -OCH3 is 3. The molecule has 0 atom stereocenters. The number of carboxylic acids is 1. The summed E-state index contributed by atoms with van der Waals surface area (Å²) in [5, 5.41) is 17.8. The van der Waals surface area contributed by atoms with Gasteiger partial charge in [-0.3, -0.25) is 19.6 Å². The maximum atomic E-state index is 11.6. The van der Waals surface area contributed by atoms with Crippen molar-refractivity contribution in [2.75, 3.05) is 178 Å². The molecule has 0 radical (unpaired) electrons. The number of ether oxygens (including phenoxy) is 10. The Morgan fingerprint density at radius 2 is 0.735 bits per heavy atom. The van der Waals surface area contributed by atoms with Crippen molar-refractivity contribution in [1.82, 2.24) is 19.6 Å². The van der Waals surface area contributed by atoms with Crippen LogP contribution in [0.1, 0.15) is 69.2 Å². The summed E-state index contributed by atoms with van der Waals surface area (Å²) in [7, 11) is 4.11. The Labute approximate surface area is 723 Å². The number of carbonyl (C=O) groups excluding carboxylic acids is 3. The fourth-order valence-corrected chi connectivity index (χ4v) is 11.7. The quantitative estimate of drug-likeness (QED) is 0.0150. The summed E-state index contributed by atoms with van der Waals surface area (Å²) in [6, 6.07) is 59.5. The van der Waals surface area contributed by atoms with Crippen molar-refractivity contribution in [3.8, 4) is 23.0 Å². The third-order valence-electron chi connectivity index (χ3n) is 16.4. The molecule has 4 fully saturated rings. The fraction of sp³-hybridized carbons (Fsp3) is 0.318. The van der Waals surface area contributed by atoms with E-state index in [-0.39, 0.29) is 65.7 Å². The normalized spacial score (nSPS) is 13.8. The van der Waals surface area contributed by atoms with E-state index in [1.165, 1.54) is 24.9 Å². The van der Waals surface area contributed by atoms with Gasteiger partial charge in [-0.05, 0) is 200 Å². The Morgan fingerprint density at radius 1 is 0.442 bits per heavy atom. The molecule has 0 bridgehead atoms. The number of hydrogen-bond acceptors (Lipinski definition) is 20. The zero-order chi connectivity index (χ0) is 78.1. The van der Waals surface area contributed by atoms with E-state index in [9.17, 15) is 19.2 Å². The number of aromatic carboxylic acids is 1. The Bertz CT molecular complexity index is 3980. The molecule has 5 N–H and O–H groups in total. The number of esters is 3. The van der Waals surface area contributed by atoms with Crippen molar-refractivity contribution in [3.05, 3.63) is 262 Å². The number of nitrogens with zero attached hydrogens (tertiary/aromatic N) is 4. The minimum Gasteiger partial charge on any atom is -0.870 e. The SMILES string of the molecule is C=Cc1cccc(C(=O)OC)c1.COC(=O)c1cccc(/C=C/c2ccc(OCCN3CCOCC3)cc2)c1.COC(=O)c1cccc(Br)c1.Cl.ClCCN1CCOCC1.Ic1ccc(OCCN2CCOCC2)cc1.O.O=C(O)c1cccc(/C=C/c2ccc(OCCN3CCOCC3)cc2)c1.Oc1ccc(I)cc1.[Li+].[OH-]. The molecule has 28 heteroatoms. The average molecular weight is 1880 g/mol. The van der Waals surface area contributed by atoms with Crippen molar-refractivity contribution in [2.45, 2.75) is 0 Å². The number of halogens is 5. The second-order valence-corrected chi connectivity index (χ2v) is 27.9. The monoisotopic (exact) mass is 1880 g/mol. The molecule has 4 aliphatic rings. The Morgan fingerprint density at radius 3 is 1.06 bits per heavy atom. The van der Waals surface area contributed by atoms with E-state index in [1.807, 2.05) is 133 Å². The van der Waals surface area contributed by atoms with E-state index in [1.54, 1.807) is 78.9 Å². The molecule has 0 unspecified atom stereocenters. The van der Waals surface area contributed by atoms with E-state index >= 15 is 0 Å². The molecule has 0 saturated carbocycles. The molecule has 8 aromatic rings. The van der Waals surface area contributed by atoms with E-state index in [0.717, 1.165) is 197 Å². The molecule has 0 aliphatic carbocycles. The van der Waals surface area contributed by atoms with E-state index in [0.29, 0.717) is 35.7 Å². The summed E-state index contributed by atoms with van der Waals surface area (Å²) < 4.78 is 55.5. The maximum Gasteiger partial charge on any atom is 1.00 e. The molecule has 0 amide bonds. The van der Waals surface area contributed by atoms with Gasteiger partial charge in [0.2, 0.25) is 0 Å². The molecule has 0 spiro atoms. The molecular formula is C85H102BrCl2I2LiN4O18. The van der Waals surface area contributed by atoms with Crippen molar-refractivity contribution in [1.29, 1.82) is 0 Å². The first-order chi connectivity index (χ1) is 53.0. The van der Waals surface area contributed by atoms with Gasteiger partial charge < -0.3 is 68.5 Å². The molecule has 8 aromatic carbocycles. The topological polar surface area (TPSA) is 275 Å². The van der Waals surface area contributed by atoms with Crippen LogP contribution in [0.25, 0.3) is 30.4 Å². The van der Waals surface area contributed by atoms with Crippen LogP contribution in [0.5, 0.6) is 23.0 Å². The maximum absolute atomic E-state index is 11.6. The molecule has 4 saturated heterocycles. The summed E-state index contributed by atoms with van der Waals surface area (Å²) >= 11 is 13.3. The first-order valence-corrected chi connectivity index (χ1v) is 39.1. The first-order valence-electron chi connectivity index (χ1n) is 35.6. The van der Waals surface area contributed by atoms with Crippen LogP contribution in [0.15, 0.2) is 205 Å². The third kappa shape index (κ3) is 43.4. The van der Waals surface area contributed by atoms with E-state index in [4.69, 9.17) is 59.7 Å². The van der Waals surface area contributed by atoms with Crippen LogP contribution in [0.3, 0.4) is 0 Å². The molecule has 0 aromatic heterocycles. The minimum absolute atomic E-state index is 0. The average Bonchev–Trinajstić information content (AvgIpc) is 0.886. The molecule has 12 rings (SSSR count). The first kappa shape index (κ1) is 102. The number of alkyl halides is 1. The van der Waals surface area contributed by atoms with Crippen LogP contribution < -0.4 is 33.1 Å². The molecule has 606 valence electrons. The zero-order valence-corrected chi connectivity index (χ0v) is 71.8. The summed E-state index contributed by atoms with van der Waals surface area (Å²) in [4.78, 5) is 53.9. The summed E-state index contributed by atoms with van der Waals surface area (Å²) in [6.45, 7) is 24.2. The smallest absolute Gasteiger partial charge is 0.870 e. The molecule has 22 nitrogen and oxygen atoms in total. The number of carboxylic acid groups (broad SMARTS) is 1. The van der Waals surface area contributed by atoms with Crippen molar-refractivity contribution < 1.29 is 107 Å². The van der Waals surface area contributed by atoms with Crippen molar-refractivity contribution >= 4 is 139 Å². The minimum atomic E-state index is -0.918. The van der Waals surface area contributed by atoms with Gasteiger partial charge in [0.15, 0.2) is 0 Å². The Hall–Kier alpha value is -7.22.